The van der Waals surface area contributed by atoms with E-state index in [0.29, 0.717) is 12.0 Å². The molecule has 6 heteroatoms. The molecule has 2 atom stereocenters. The number of aromatic nitrogens is 3. The molecule has 0 bridgehead atoms. The molecule has 0 radical (unpaired) electrons. The SMILES string of the molecule is CCc1noc(C)c1CN(C)C[C@@H]1CCCN(CC)[C@H]1c1cnn(C)c1. The van der Waals surface area contributed by atoms with Crippen LogP contribution in [0.2, 0.25) is 0 Å². The van der Waals surface area contributed by atoms with E-state index in [1.807, 2.05) is 24.9 Å². The third-order valence-electron chi connectivity index (χ3n) is 5.71. The normalized spacial score (nSPS) is 21.6. The predicted octanol–water partition coefficient (Wildman–Crippen LogP) is 3.18. The Kier molecular flexibility index (Phi) is 6.14. The summed E-state index contributed by atoms with van der Waals surface area (Å²) >= 11 is 0. The summed E-state index contributed by atoms with van der Waals surface area (Å²) in [6.07, 6.45) is 7.70. The first-order chi connectivity index (χ1) is 12.5. The molecule has 3 rings (SSSR count). The van der Waals surface area contributed by atoms with Crippen molar-refractivity contribution in [2.24, 2.45) is 13.0 Å². The summed E-state index contributed by atoms with van der Waals surface area (Å²) in [7, 11) is 4.22. The molecule has 0 aromatic carbocycles. The summed E-state index contributed by atoms with van der Waals surface area (Å²) in [6, 6.07) is 0.458. The van der Waals surface area contributed by atoms with E-state index in [9.17, 15) is 0 Å². The van der Waals surface area contributed by atoms with Crippen LogP contribution in [0.3, 0.4) is 0 Å². The van der Waals surface area contributed by atoms with Gasteiger partial charge in [-0.1, -0.05) is 19.0 Å². The van der Waals surface area contributed by atoms with Gasteiger partial charge in [0, 0.05) is 43.5 Å². The first kappa shape index (κ1) is 19.1. The summed E-state index contributed by atoms with van der Waals surface area (Å²) in [4.78, 5) is 5.05. The molecule has 0 amide bonds. The molecule has 0 N–H and O–H groups in total. The van der Waals surface area contributed by atoms with Crippen molar-refractivity contribution in [3.63, 3.8) is 0 Å². The number of hydrogen-bond acceptors (Lipinski definition) is 5. The van der Waals surface area contributed by atoms with E-state index in [0.717, 1.165) is 37.5 Å². The number of rotatable bonds is 7. The third kappa shape index (κ3) is 4.01. The molecule has 1 fully saturated rings. The highest BCUT2D eigenvalue weighted by Gasteiger charge is 2.33. The molecule has 2 aromatic heterocycles. The average molecular weight is 360 g/mol. The lowest BCUT2D eigenvalue weighted by Gasteiger charge is -2.42. The Morgan fingerprint density at radius 2 is 2.15 bits per heavy atom. The maximum Gasteiger partial charge on any atom is 0.138 e. The smallest absolute Gasteiger partial charge is 0.138 e. The van der Waals surface area contributed by atoms with Gasteiger partial charge in [0.2, 0.25) is 0 Å². The molecule has 0 aliphatic carbocycles. The Morgan fingerprint density at radius 3 is 2.81 bits per heavy atom. The zero-order valence-electron chi connectivity index (χ0n) is 16.9. The van der Waals surface area contributed by atoms with Gasteiger partial charge in [-0.25, -0.2) is 0 Å². The molecule has 0 spiro atoms. The Bertz CT molecular complexity index is 707. The lowest BCUT2D eigenvalue weighted by atomic mass is 9.85. The lowest BCUT2D eigenvalue weighted by Crippen LogP contribution is -2.42. The van der Waals surface area contributed by atoms with Crippen molar-refractivity contribution in [3.8, 4) is 0 Å². The van der Waals surface area contributed by atoms with Crippen LogP contribution in [0.15, 0.2) is 16.9 Å². The van der Waals surface area contributed by atoms with Gasteiger partial charge in [0.1, 0.15) is 5.76 Å². The minimum Gasteiger partial charge on any atom is -0.361 e. The van der Waals surface area contributed by atoms with Gasteiger partial charge in [-0.2, -0.15) is 5.10 Å². The minimum atomic E-state index is 0.458. The summed E-state index contributed by atoms with van der Waals surface area (Å²) in [5.41, 5.74) is 3.70. The predicted molar refractivity (Wildman–Crippen MR) is 103 cm³/mol. The first-order valence-corrected chi connectivity index (χ1v) is 9.88. The van der Waals surface area contributed by atoms with Gasteiger partial charge in [-0.15, -0.1) is 0 Å². The molecule has 1 saturated heterocycles. The van der Waals surface area contributed by atoms with Crippen LogP contribution in [0.25, 0.3) is 0 Å². The quantitative estimate of drug-likeness (QED) is 0.760. The van der Waals surface area contributed by atoms with Crippen molar-refractivity contribution in [2.45, 2.75) is 52.6 Å². The minimum absolute atomic E-state index is 0.458. The summed E-state index contributed by atoms with van der Waals surface area (Å²) in [5.74, 6) is 1.57. The zero-order valence-corrected chi connectivity index (χ0v) is 16.9. The largest absolute Gasteiger partial charge is 0.361 e. The Hall–Kier alpha value is -1.66. The standard InChI is InChI=1S/C20H33N5O/c1-6-19-18(15(3)26-22-19)14-23(4)12-16-9-8-10-25(7-2)20(16)17-11-21-24(5)13-17/h11,13,16,20H,6-10,12,14H2,1-5H3/t16-,20+/m0/s1. The van der Waals surface area contributed by atoms with Gasteiger partial charge in [-0.3, -0.25) is 9.58 Å². The molecule has 2 aromatic rings. The van der Waals surface area contributed by atoms with Crippen molar-refractivity contribution in [1.29, 1.82) is 0 Å². The molecule has 0 unspecified atom stereocenters. The monoisotopic (exact) mass is 359 g/mol. The molecule has 1 aliphatic rings. The van der Waals surface area contributed by atoms with E-state index >= 15 is 0 Å². The Labute approximate surface area is 157 Å². The highest BCUT2D eigenvalue weighted by molar-refractivity contribution is 5.22. The first-order valence-electron chi connectivity index (χ1n) is 9.88. The van der Waals surface area contributed by atoms with Crippen LogP contribution < -0.4 is 0 Å². The second kappa shape index (κ2) is 8.35. The molecule has 1 aliphatic heterocycles. The maximum atomic E-state index is 5.41. The topological polar surface area (TPSA) is 50.3 Å². The van der Waals surface area contributed by atoms with Crippen molar-refractivity contribution < 1.29 is 4.52 Å². The number of likely N-dealkylation sites (tertiary alicyclic amines) is 1. The number of hydrogen-bond donors (Lipinski definition) is 0. The zero-order chi connectivity index (χ0) is 18.7. The van der Waals surface area contributed by atoms with Crippen LogP contribution in [0.4, 0.5) is 0 Å². The molecule has 6 nitrogen and oxygen atoms in total. The van der Waals surface area contributed by atoms with E-state index in [1.54, 1.807) is 0 Å². The number of piperidine rings is 1. The fourth-order valence-corrected chi connectivity index (χ4v) is 4.43. The number of nitrogens with zero attached hydrogens (tertiary/aromatic N) is 5. The van der Waals surface area contributed by atoms with Crippen molar-refractivity contribution in [1.82, 2.24) is 24.7 Å². The van der Waals surface area contributed by atoms with E-state index in [4.69, 9.17) is 4.52 Å². The third-order valence-corrected chi connectivity index (χ3v) is 5.71. The molecular weight excluding hydrogens is 326 g/mol. The summed E-state index contributed by atoms with van der Waals surface area (Å²) in [6.45, 7) is 10.7. The Morgan fingerprint density at radius 1 is 1.35 bits per heavy atom. The van der Waals surface area contributed by atoms with E-state index in [1.165, 1.54) is 30.5 Å². The van der Waals surface area contributed by atoms with Gasteiger partial charge in [0.25, 0.3) is 0 Å². The fraction of sp³-hybridized carbons (Fsp3) is 0.700. The van der Waals surface area contributed by atoms with Crippen molar-refractivity contribution in [2.75, 3.05) is 26.7 Å². The summed E-state index contributed by atoms with van der Waals surface area (Å²) < 4.78 is 7.33. The van der Waals surface area contributed by atoms with Gasteiger partial charge >= 0.3 is 0 Å². The van der Waals surface area contributed by atoms with E-state index in [2.05, 4.69) is 47.1 Å². The van der Waals surface area contributed by atoms with Crippen LogP contribution in [0, 0.1) is 12.8 Å². The number of aryl methyl sites for hydroxylation is 3. The molecule has 0 saturated carbocycles. The maximum absolute atomic E-state index is 5.41. The van der Waals surface area contributed by atoms with Crippen LogP contribution in [0.1, 0.15) is 55.3 Å². The van der Waals surface area contributed by atoms with Crippen LogP contribution in [-0.2, 0) is 20.0 Å². The van der Waals surface area contributed by atoms with E-state index in [-0.39, 0.29) is 0 Å². The average Bonchev–Trinajstić information content (AvgIpc) is 3.20. The van der Waals surface area contributed by atoms with Gasteiger partial charge < -0.3 is 9.42 Å². The van der Waals surface area contributed by atoms with Crippen LogP contribution in [-0.4, -0.2) is 51.4 Å². The second-order valence-electron chi connectivity index (χ2n) is 7.64. The van der Waals surface area contributed by atoms with Gasteiger partial charge in [0.15, 0.2) is 0 Å². The van der Waals surface area contributed by atoms with Crippen molar-refractivity contribution in [3.05, 3.63) is 35.0 Å². The lowest BCUT2D eigenvalue weighted by molar-refractivity contribution is 0.0748. The van der Waals surface area contributed by atoms with Crippen molar-refractivity contribution >= 4 is 0 Å². The summed E-state index contributed by atoms with van der Waals surface area (Å²) in [5, 5.41) is 8.63. The van der Waals surface area contributed by atoms with Crippen LogP contribution >= 0.6 is 0 Å². The fourth-order valence-electron chi connectivity index (χ4n) is 4.43. The van der Waals surface area contributed by atoms with Crippen LogP contribution in [0.5, 0.6) is 0 Å². The highest BCUT2D eigenvalue weighted by atomic mass is 16.5. The molecule has 3 heterocycles. The molecular formula is C20H33N5O. The molecule has 144 valence electrons. The second-order valence-corrected chi connectivity index (χ2v) is 7.64. The molecule has 26 heavy (non-hydrogen) atoms. The van der Waals surface area contributed by atoms with Gasteiger partial charge in [-0.05, 0) is 52.2 Å². The van der Waals surface area contributed by atoms with E-state index < -0.39 is 0 Å². The van der Waals surface area contributed by atoms with Gasteiger partial charge in [0.05, 0.1) is 11.9 Å². The highest BCUT2D eigenvalue weighted by Crippen LogP contribution is 2.36. The Balaban J connectivity index is 1.74.